The summed E-state index contributed by atoms with van der Waals surface area (Å²) in [6.07, 6.45) is 1.56. The first-order valence-corrected chi connectivity index (χ1v) is 14.5. The Bertz CT molecular complexity index is 2310. The third-order valence-electron chi connectivity index (χ3n) is 8.23. The number of hydrogen-bond donors (Lipinski definition) is 0. The molecule has 226 valence electrons. The van der Waals surface area contributed by atoms with Gasteiger partial charge in [-0.3, -0.25) is 0 Å². The van der Waals surface area contributed by atoms with Gasteiger partial charge in [-0.15, -0.1) is 5.10 Å². The molecule has 1 unspecified atom stereocenters. The smallest absolute Gasteiger partial charge is 0.344 e. The Kier molecular flexibility index (Phi) is 6.42. The monoisotopic (exact) mass is 610 g/mol. The molecule has 1 aliphatic heterocycles. The first-order valence-electron chi connectivity index (χ1n) is 14.5. The number of fused-ring (bicyclic) bond motifs is 6. The van der Waals surface area contributed by atoms with Crippen molar-refractivity contribution in [2.45, 2.75) is 5.92 Å². The van der Waals surface area contributed by atoms with Gasteiger partial charge in [0.1, 0.15) is 11.9 Å². The summed E-state index contributed by atoms with van der Waals surface area (Å²) in [5.74, 6) is 1.71. The minimum Gasteiger partial charge on any atom is -0.493 e. The number of rotatable bonds is 6. The van der Waals surface area contributed by atoms with Crippen LogP contribution >= 0.6 is 0 Å². The van der Waals surface area contributed by atoms with Gasteiger partial charge in [0, 0.05) is 5.56 Å². The van der Waals surface area contributed by atoms with Crippen LogP contribution in [0, 0.1) is 0 Å². The quantitative estimate of drug-likeness (QED) is 0.186. The Morgan fingerprint density at radius 3 is 2.15 bits per heavy atom. The maximum atomic E-state index is 13.8. The normalized spacial score (nSPS) is 13.6. The number of methoxy groups -OCH3 is 3. The van der Waals surface area contributed by atoms with Crippen molar-refractivity contribution < 1.29 is 23.4 Å². The topological polar surface area (TPSA) is 110 Å². The molecule has 1 aliphatic rings. The molecule has 7 aromatic rings. The zero-order valence-corrected chi connectivity index (χ0v) is 25.1. The lowest BCUT2D eigenvalue weighted by molar-refractivity contribution is 0.323. The second kappa shape index (κ2) is 10.8. The van der Waals surface area contributed by atoms with Crippen molar-refractivity contribution in [1.29, 1.82) is 0 Å². The number of aromatic nitrogens is 4. The first-order chi connectivity index (χ1) is 22.6. The number of nitrogens with zero attached hydrogens (tertiary/aromatic N) is 4. The molecule has 0 N–H and O–H groups in total. The van der Waals surface area contributed by atoms with E-state index in [-0.39, 0.29) is 0 Å². The van der Waals surface area contributed by atoms with Crippen LogP contribution in [0.15, 0.2) is 107 Å². The van der Waals surface area contributed by atoms with E-state index < -0.39 is 11.5 Å². The van der Waals surface area contributed by atoms with Gasteiger partial charge in [-0.1, -0.05) is 66.7 Å². The number of benzene rings is 4. The summed E-state index contributed by atoms with van der Waals surface area (Å²) < 4.78 is 30.8. The van der Waals surface area contributed by atoms with Crippen LogP contribution in [0.1, 0.15) is 22.6 Å². The number of ether oxygens (including phenoxy) is 4. The first kappa shape index (κ1) is 27.4. The lowest BCUT2D eigenvalue weighted by Crippen LogP contribution is -2.22. The van der Waals surface area contributed by atoms with Crippen LogP contribution in [0.25, 0.3) is 39.1 Å². The van der Waals surface area contributed by atoms with Gasteiger partial charge >= 0.3 is 5.63 Å². The van der Waals surface area contributed by atoms with Gasteiger partial charge in [-0.25, -0.2) is 19.3 Å². The highest BCUT2D eigenvalue weighted by Gasteiger charge is 2.38. The summed E-state index contributed by atoms with van der Waals surface area (Å²) in [5.41, 5.74) is 4.87. The molecule has 10 nitrogen and oxygen atoms in total. The van der Waals surface area contributed by atoms with Crippen LogP contribution in [0.5, 0.6) is 28.9 Å². The highest BCUT2D eigenvalue weighted by atomic mass is 16.5. The summed E-state index contributed by atoms with van der Waals surface area (Å²) in [5, 5.41) is 5.40. The predicted molar refractivity (Wildman–Crippen MR) is 171 cm³/mol. The lowest BCUT2D eigenvalue weighted by Gasteiger charge is -2.28. The van der Waals surface area contributed by atoms with Gasteiger partial charge in [0.05, 0.1) is 43.8 Å². The van der Waals surface area contributed by atoms with Crippen molar-refractivity contribution in [3.8, 4) is 51.4 Å². The van der Waals surface area contributed by atoms with Crippen molar-refractivity contribution in [1.82, 2.24) is 19.6 Å². The van der Waals surface area contributed by atoms with E-state index in [1.54, 1.807) is 37.2 Å². The predicted octanol–water partition coefficient (Wildman–Crippen LogP) is 6.88. The lowest BCUT2D eigenvalue weighted by atomic mass is 9.83. The van der Waals surface area contributed by atoms with Crippen LogP contribution < -0.4 is 24.6 Å². The molecule has 0 fully saturated rings. The van der Waals surface area contributed by atoms with Gasteiger partial charge in [0.2, 0.25) is 11.6 Å². The second-order valence-electron chi connectivity index (χ2n) is 10.7. The molecule has 0 radical (unpaired) electrons. The van der Waals surface area contributed by atoms with Gasteiger partial charge in [0.25, 0.3) is 0 Å². The largest absolute Gasteiger partial charge is 0.493 e. The summed E-state index contributed by atoms with van der Waals surface area (Å²) >= 11 is 0. The fourth-order valence-electron chi connectivity index (χ4n) is 6.10. The highest BCUT2D eigenvalue weighted by Crippen LogP contribution is 2.51. The molecule has 0 amide bonds. The molecule has 10 heteroatoms. The van der Waals surface area contributed by atoms with Crippen molar-refractivity contribution in [2.24, 2.45) is 0 Å². The number of hydrogen-bond acceptors (Lipinski definition) is 9. The van der Waals surface area contributed by atoms with Gasteiger partial charge < -0.3 is 23.4 Å². The van der Waals surface area contributed by atoms with Gasteiger partial charge in [0.15, 0.2) is 28.7 Å². The van der Waals surface area contributed by atoms with Crippen molar-refractivity contribution in [3.05, 3.63) is 124 Å². The van der Waals surface area contributed by atoms with E-state index in [1.807, 2.05) is 66.7 Å². The molecule has 4 heterocycles. The minimum atomic E-state index is -0.734. The molecule has 0 saturated heterocycles. The Hall–Kier alpha value is -6.16. The second-order valence-corrected chi connectivity index (χ2v) is 10.7. The summed E-state index contributed by atoms with van der Waals surface area (Å²) in [4.78, 5) is 23.4. The maximum absolute atomic E-state index is 13.8. The Balaban J connectivity index is 1.36. The summed E-state index contributed by atoms with van der Waals surface area (Å²) in [6.45, 7) is 0. The average molecular weight is 611 g/mol. The third kappa shape index (κ3) is 4.26. The van der Waals surface area contributed by atoms with E-state index in [0.717, 1.165) is 16.7 Å². The third-order valence-corrected chi connectivity index (χ3v) is 8.23. The molecule has 0 spiro atoms. The Morgan fingerprint density at radius 1 is 0.761 bits per heavy atom. The van der Waals surface area contributed by atoms with E-state index in [4.69, 9.17) is 33.4 Å². The van der Waals surface area contributed by atoms with Crippen molar-refractivity contribution >= 4 is 16.6 Å². The van der Waals surface area contributed by atoms with Crippen LogP contribution in [0.2, 0.25) is 0 Å². The van der Waals surface area contributed by atoms with E-state index in [2.05, 4.69) is 17.1 Å². The van der Waals surface area contributed by atoms with Crippen molar-refractivity contribution in [3.63, 3.8) is 0 Å². The van der Waals surface area contributed by atoms with Gasteiger partial charge in [-0.05, 0) is 41.0 Å². The van der Waals surface area contributed by atoms with Crippen molar-refractivity contribution in [2.75, 3.05) is 21.3 Å². The van der Waals surface area contributed by atoms with E-state index in [1.165, 1.54) is 7.11 Å². The maximum Gasteiger partial charge on any atom is 0.344 e. The summed E-state index contributed by atoms with van der Waals surface area (Å²) in [7, 11) is 4.63. The molecule has 8 rings (SSSR count). The van der Waals surface area contributed by atoms with Crippen LogP contribution in [-0.4, -0.2) is 40.9 Å². The van der Waals surface area contributed by atoms with Crippen LogP contribution in [0.4, 0.5) is 0 Å². The zero-order chi connectivity index (χ0) is 31.4. The van der Waals surface area contributed by atoms with E-state index in [9.17, 15) is 4.79 Å². The molecule has 1 atom stereocenters. The van der Waals surface area contributed by atoms with E-state index in [0.29, 0.717) is 68.0 Å². The average Bonchev–Trinajstić information content (AvgIpc) is 3.55. The minimum absolute atomic E-state index is 0.298. The van der Waals surface area contributed by atoms with E-state index >= 15 is 0 Å². The zero-order valence-electron chi connectivity index (χ0n) is 25.1. The molecule has 4 aromatic carbocycles. The number of para-hydroxylation sites is 1. The molecule has 0 bridgehead atoms. The molecular formula is C36H26N4O6. The SMILES string of the molecule is COc1cc(C2c3c(c4ccccc4oc3=O)Oc3ncn4nc(-c5ccc(-c6ccccc6)cc5)nc4c32)cc(OC)c1OC. The Labute approximate surface area is 262 Å². The molecule has 46 heavy (non-hydrogen) atoms. The molecule has 3 aromatic heterocycles. The fraction of sp³-hybridized carbons (Fsp3) is 0.111. The molecule has 0 aliphatic carbocycles. The van der Waals surface area contributed by atoms with Gasteiger partial charge in [-0.2, -0.15) is 0 Å². The Morgan fingerprint density at radius 2 is 1.43 bits per heavy atom. The molecule has 0 saturated carbocycles. The van der Waals surface area contributed by atoms with Crippen LogP contribution in [0.3, 0.4) is 0 Å². The summed E-state index contributed by atoms with van der Waals surface area (Å²) in [6, 6.07) is 29.1. The standard InChI is InChI=1S/C36H26N4O6/c1-42-26-17-23(18-27(43-2)32(26)44-3)28-29-31(24-11-7-8-12-25(24)45-36(29)41)46-35-30(28)34-38-33(39-40(34)19-37-35)22-15-13-21(14-16-22)20-9-5-4-6-10-20/h4-19,28H,1-3H3. The molecular weight excluding hydrogens is 584 g/mol. The fourth-order valence-corrected chi connectivity index (χ4v) is 6.10. The highest BCUT2D eigenvalue weighted by molar-refractivity contribution is 5.87. The van der Waals surface area contributed by atoms with Crippen LogP contribution in [-0.2, 0) is 0 Å².